The predicted molar refractivity (Wildman–Crippen MR) is 111 cm³/mol. The molecule has 9 heteroatoms. The van der Waals surface area contributed by atoms with Gasteiger partial charge in [-0.15, -0.1) is 11.3 Å². The summed E-state index contributed by atoms with van der Waals surface area (Å²) in [6.07, 6.45) is 0. The Bertz CT molecular complexity index is 1200. The Morgan fingerprint density at radius 3 is 2.59 bits per heavy atom. The van der Waals surface area contributed by atoms with E-state index in [1.165, 1.54) is 23.5 Å². The second-order valence-electron chi connectivity index (χ2n) is 6.34. The molecule has 0 aliphatic rings. The number of rotatable bonds is 4. The average Bonchev–Trinajstić information content (AvgIpc) is 3.28. The summed E-state index contributed by atoms with van der Waals surface area (Å²) in [4.78, 5) is 21.5. The van der Waals surface area contributed by atoms with Crippen molar-refractivity contribution in [2.75, 3.05) is 5.32 Å². The highest BCUT2D eigenvalue weighted by Crippen LogP contribution is 2.26. The van der Waals surface area contributed by atoms with Crippen LogP contribution in [0.1, 0.15) is 21.9 Å². The molecule has 6 nitrogen and oxygen atoms in total. The van der Waals surface area contributed by atoms with Crippen LogP contribution in [0.4, 0.5) is 9.52 Å². The van der Waals surface area contributed by atoms with Gasteiger partial charge in [0.05, 0.1) is 16.4 Å². The fourth-order valence-electron chi connectivity index (χ4n) is 2.81. The van der Waals surface area contributed by atoms with Crippen LogP contribution in [-0.4, -0.2) is 25.7 Å². The lowest BCUT2D eigenvalue weighted by atomic mass is 10.2. The van der Waals surface area contributed by atoms with Crippen LogP contribution < -0.4 is 5.32 Å². The van der Waals surface area contributed by atoms with Crippen LogP contribution in [0.25, 0.3) is 17.1 Å². The van der Waals surface area contributed by atoms with Gasteiger partial charge < -0.3 is 0 Å². The fraction of sp³-hybridized carbons (Fsp3) is 0.100. The van der Waals surface area contributed by atoms with Gasteiger partial charge in [-0.1, -0.05) is 11.6 Å². The molecule has 0 aliphatic carbocycles. The molecule has 0 radical (unpaired) electrons. The maximum absolute atomic E-state index is 13.1. The van der Waals surface area contributed by atoms with Crippen molar-refractivity contribution in [3.8, 4) is 17.1 Å². The first-order valence-electron chi connectivity index (χ1n) is 8.64. The maximum Gasteiger partial charge on any atom is 0.277 e. The van der Waals surface area contributed by atoms with Gasteiger partial charge in [0.1, 0.15) is 11.5 Å². The third-order valence-electron chi connectivity index (χ3n) is 4.14. The molecule has 0 saturated heterocycles. The minimum atomic E-state index is -0.474. The summed E-state index contributed by atoms with van der Waals surface area (Å²) in [5.74, 6) is -0.296. The highest BCUT2D eigenvalue weighted by Gasteiger charge is 2.17. The zero-order chi connectivity index (χ0) is 20.5. The zero-order valence-corrected chi connectivity index (χ0v) is 17.1. The SMILES string of the molecule is Cc1cc(C)n(-c2ccc(Cl)c(C(=O)Nc3nc(-c4ccc(F)cc4)cs3)n2)n1. The Morgan fingerprint density at radius 2 is 1.90 bits per heavy atom. The number of anilines is 1. The molecule has 0 bridgehead atoms. The van der Waals surface area contributed by atoms with E-state index < -0.39 is 5.91 Å². The summed E-state index contributed by atoms with van der Waals surface area (Å²) >= 11 is 7.46. The molecule has 4 aromatic rings. The van der Waals surface area contributed by atoms with E-state index >= 15 is 0 Å². The van der Waals surface area contributed by atoms with E-state index in [-0.39, 0.29) is 16.5 Å². The smallest absolute Gasteiger partial charge is 0.277 e. The number of halogens is 2. The largest absolute Gasteiger partial charge is 0.296 e. The van der Waals surface area contributed by atoms with E-state index in [9.17, 15) is 9.18 Å². The van der Waals surface area contributed by atoms with Crippen molar-refractivity contribution in [1.82, 2.24) is 19.7 Å². The number of benzene rings is 1. The van der Waals surface area contributed by atoms with Gasteiger partial charge in [-0.05, 0) is 56.3 Å². The number of pyridine rings is 1. The Hall–Kier alpha value is -3.10. The lowest BCUT2D eigenvalue weighted by molar-refractivity contribution is 0.102. The summed E-state index contributed by atoms with van der Waals surface area (Å²) in [5, 5.41) is 9.50. The topological polar surface area (TPSA) is 72.7 Å². The van der Waals surface area contributed by atoms with E-state index in [1.807, 2.05) is 19.9 Å². The van der Waals surface area contributed by atoms with Crippen LogP contribution in [0.5, 0.6) is 0 Å². The monoisotopic (exact) mass is 427 g/mol. The Labute approximate surface area is 175 Å². The Kier molecular flexibility index (Phi) is 5.12. The van der Waals surface area contributed by atoms with Crippen molar-refractivity contribution in [3.05, 3.63) is 75.8 Å². The third-order valence-corrected chi connectivity index (χ3v) is 5.20. The molecule has 3 aromatic heterocycles. The second kappa shape index (κ2) is 7.73. The van der Waals surface area contributed by atoms with Gasteiger partial charge in [-0.25, -0.2) is 19.0 Å². The van der Waals surface area contributed by atoms with Crippen LogP contribution >= 0.6 is 22.9 Å². The molecule has 4 rings (SSSR count). The maximum atomic E-state index is 13.1. The number of hydrogen-bond acceptors (Lipinski definition) is 5. The molecule has 0 fully saturated rings. The quantitative estimate of drug-likeness (QED) is 0.494. The van der Waals surface area contributed by atoms with Gasteiger partial charge >= 0.3 is 0 Å². The number of nitrogens with one attached hydrogen (secondary N) is 1. The number of hydrogen-bond donors (Lipinski definition) is 1. The van der Waals surface area contributed by atoms with Gasteiger partial charge in [-0.2, -0.15) is 5.10 Å². The first-order valence-corrected chi connectivity index (χ1v) is 9.89. The Balaban J connectivity index is 1.58. The van der Waals surface area contributed by atoms with Crippen LogP contribution in [-0.2, 0) is 0 Å². The minimum absolute atomic E-state index is 0.0789. The van der Waals surface area contributed by atoms with Gasteiger partial charge in [0, 0.05) is 16.6 Å². The van der Waals surface area contributed by atoms with Crippen LogP contribution in [0, 0.1) is 19.7 Å². The highest BCUT2D eigenvalue weighted by molar-refractivity contribution is 7.14. The summed E-state index contributed by atoms with van der Waals surface area (Å²) in [6.45, 7) is 3.79. The summed E-state index contributed by atoms with van der Waals surface area (Å²) < 4.78 is 14.7. The number of aromatic nitrogens is 4. The molecular formula is C20H15ClFN5OS. The number of nitrogens with zero attached hydrogens (tertiary/aromatic N) is 4. The van der Waals surface area contributed by atoms with Crippen molar-refractivity contribution >= 4 is 34.0 Å². The summed E-state index contributed by atoms with van der Waals surface area (Å²) in [7, 11) is 0. The van der Waals surface area contributed by atoms with E-state index in [0.717, 1.165) is 17.0 Å². The summed E-state index contributed by atoms with van der Waals surface area (Å²) in [6, 6.07) is 11.2. The molecule has 0 aliphatic heterocycles. The van der Waals surface area contributed by atoms with Gasteiger partial charge in [0.25, 0.3) is 5.91 Å². The molecule has 29 heavy (non-hydrogen) atoms. The number of carbonyl (C=O) groups is 1. The first-order chi connectivity index (χ1) is 13.9. The number of carbonyl (C=O) groups excluding carboxylic acids is 1. The molecule has 1 amide bonds. The number of thiazole rings is 1. The molecule has 0 spiro atoms. The normalized spacial score (nSPS) is 10.9. The van der Waals surface area contributed by atoms with Gasteiger partial charge in [0.15, 0.2) is 10.9 Å². The second-order valence-corrected chi connectivity index (χ2v) is 7.60. The number of amides is 1. The molecule has 146 valence electrons. The van der Waals surface area contributed by atoms with Crippen LogP contribution in [0.3, 0.4) is 0 Å². The lowest BCUT2D eigenvalue weighted by Gasteiger charge is -2.08. The van der Waals surface area contributed by atoms with Crippen molar-refractivity contribution < 1.29 is 9.18 Å². The van der Waals surface area contributed by atoms with Crippen molar-refractivity contribution in [1.29, 1.82) is 0 Å². The van der Waals surface area contributed by atoms with E-state index in [4.69, 9.17) is 11.6 Å². The van der Waals surface area contributed by atoms with Crippen molar-refractivity contribution in [2.24, 2.45) is 0 Å². The fourth-order valence-corrected chi connectivity index (χ4v) is 3.72. The first kappa shape index (κ1) is 19.2. The number of aryl methyl sites for hydroxylation is 2. The van der Waals surface area contributed by atoms with Crippen molar-refractivity contribution in [3.63, 3.8) is 0 Å². The highest BCUT2D eigenvalue weighted by atomic mass is 35.5. The van der Waals surface area contributed by atoms with E-state index in [0.29, 0.717) is 16.6 Å². The van der Waals surface area contributed by atoms with Gasteiger partial charge in [-0.3, -0.25) is 10.1 Å². The third kappa shape index (κ3) is 4.03. The Morgan fingerprint density at radius 1 is 1.14 bits per heavy atom. The zero-order valence-electron chi connectivity index (χ0n) is 15.5. The predicted octanol–water partition coefficient (Wildman–Crippen LogP) is 5.05. The average molecular weight is 428 g/mol. The van der Waals surface area contributed by atoms with E-state index in [1.54, 1.807) is 34.3 Å². The minimum Gasteiger partial charge on any atom is -0.296 e. The lowest BCUT2D eigenvalue weighted by Crippen LogP contribution is -2.16. The van der Waals surface area contributed by atoms with Crippen molar-refractivity contribution in [2.45, 2.75) is 13.8 Å². The summed E-state index contributed by atoms with van der Waals surface area (Å²) in [5.41, 5.74) is 3.22. The molecule has 1 N–H and O–H groups in total. The molecule has 1 aromatic carbocycles. The van der Waals surface area contributed by atoms with Crippen LogP contribution in [0.15, 0.2) is 47.8 Å². The van der Waals surface area contributed by atoms with E-state index in [2.05, 4.69) is 20.4 Å². The standard InChI is InChI=1S/C20H15ClFN5OS/c1-11-9-12(2)27(26-11)17-8-7-15(21)18(24-17)19(28)25-20-23-16(10-29-20)13-3-5-14(22)6-4-13/h3-10H,1-2H3,(H,23,25,28). The van der Waals surface area contributed by atoms with Crippen LogP contribution in [0.2, 0.25) is 5.02 Å². The molecule has 0 atom stereocenters. The molecule has 0 saturated carbocycles. The molecule has 0 unspecified atom stereocenters. The molecule has 3 heterocycles. The molecular weight excluding hydrogens is 413 g/mol. The van der Waals surface area contributed by atoms with Gasteiger partial charge in [0.2, 0.25) is 0 Å².